The van der Waals surface area contributed by atoms with E-state index in [1.54, 1.807) is 19.5 Å². The summed E-state index contributed by atoms with van der Waals surface area (Å²) < 4.78 is 5.43. The van der Waals surface area contributed by atoms with E-state index in [2.05, 4.69) is 23.0 Å². The zero-order valence-electron chi connectivity index (χ0n) is 12.2. The summed E-state index contributed by atoms with van der Waals surface area (Å²) in [7, 11) is 3.73. The Balaban J connectivity index is 2.32. The minimum absolute atomic E-state index is 0.0824. The zero-order valence-corrected chi connectivity index (χ0v) is 12.2. The van der Waals surface area contributed by atoms with Gasteiger partial charge in [-0.2, -0.15) is 0 Å². The molecule has 0 fully saturated rings. The van der Waals surface area contributed by atoms with Gasteiger partial charge in [-0.05, 0) is 36.8 Å². The molecule has 0 unspecified atom stereocenters. The van der Waals surface area contributed by atoms with E-state index in [9.17, 15) is 0 Å². The van der Waals surface area contributed by atoms with Crippen LogP contribution in [-0.4, -0.2) is 19.1 Å². The van der Waals surface area contributed by atoms with E-state index < -0.39 is 0 Å². The van der Waals surface area contributed by atoms with Gasteiger partial charge in [0.15, 0.2) is 0 Å². The molecule has 1 aromatic carbocycles. The Labute approximate surface area is 120 Å². The van der Waals surface area contributed by atoms with Gasteiger partial charge < -0.3 is 15.4 Å². The Bertz CT molecular complexity index is 555. The lowest BCUT2D eigenvalue weighted by molar-refractivity contribution is 0.407. The van der Waals surface area contributed by atoms with Gasteiger partial charge in [0.25, 0.3) is 0 Å². The van der Waals surface area contributed by atoms with Crippen LogP contribution in [0.4, 0.5) is 5.69 Å². The number of aromatic nitrogens is 1. The van der Waals surface area contributed by atoms with Gasteiger partial charge in [-0.1, -0.05) is 6.07 Å². The van der Waals surface area contributed by atoms with E-state index in [0.717, 1.165) is 23.5 Å². The highest BCUT2D eigenvalue weighted by Crippen LogP contribution is 2.33. The molecule has 0 aliphatic heterocycles. The Morgan fingerprint density at radius 3 is 2.55 bits per heavy atom. The van der Waals surface area contributed by atoms with E-state index in [4.69, 9.17) is 10.5 Å². The molecule has 2 aromatic rings. The second-order valence-corrected chi connectivity index (χ2v) is 4.89. The smallest absolute Gasteiger partial charge is 0.125 e. The molecule has 1 heterocycles. The minimum Gasteiger partial charge on any atom is -0.496 e. The van der Waals surface area contributed by atoms with Gasteiger partial charge in [-0.3, -0.25) is 4.98 Å². The van der Waals surface area contributed by atoms with Gasteiger partial charge in [0, 0.05) is 43.3 Å². The number of nitrogens with two attached hydrogens (primary N) is 1. The molecule has 0 bridgehead atoms. The highest BCUT2D eigenvalue weighted by molar-refractivity contribution is 5.60. The molecule has 2 rings (SSSR count). The molecule has 0 aliphatic carbocycles. The Morgan fingerprint density at radius 1 is 1.25 bits per heavy atom. The first-order valence-electron chi connectivity index (χ1n) is 6.66. The molecule has 0 radical (unpaired) electrons. The molecule has 106 valence electrons. The summed E-state index contributed by atoms with van der Waals surface area (Å²) in [6.45, 7) is 2.77. The van der Waals surface area contributed by atoms with Gasteiger partial charge in [0.2, 0.25) is 0 Å². The predicted octanol–water partition coefficient (Wildman–Crippen LogP) is 2.75. The maximum absolute atomic E-state index is 6.11. The predicted molar refractivity (Wildman–Crippen MR) is 81.9 cm³/mol. The van der Waals surface area contributed by atoms with E-state index in [-0.39, 0.29) is 6.04 Å². The SMILES string of the molecule is COc1cccc(N(C)Cc2ccncc2)c1[C@@H](C)N. The van der Waals surface area contributed by atoms with E-state index in [1.165, 1.54) is 5.56 Å². The highest BCUT2D eigenvalue weighted by atomic mass is 16.5. The third kappa shape index (κ3) is 3.08. The lowest BCUT2D eigenvalue weighted by Gasteiger charge is -2.25. The monoisotopic (exact) mass is 271 g/mol. The molecular formula is C16H21N3O. The first-order valence-corrected chi connectivity index (χ1v) is 6.66. The van der Waals surface area contributed by atoms with Crippen LogP contribution in [0.5, 0.6) is 5.75 Å². The number of anilines is 1. The van der Waals surface area contributed by atoms with Crippen LogP contribution in [-0.2, 0) is 6.54 Å². The third-order valence-electron chi connectivity index (χ3n) is 3.30. The number of benzene rings is 1. The maximum atomic E-state index is 6.11. The van der Waals surface area contributed by atoms with Crippen LogP contribution in [0.15, 0.2) is 42.7 Å². The summed E-state index contributed by atoms with van der Waals surface area (Å²) in [4.78, 5) is 6.22. The second kappa shape index (κ2) is 6.39. The lowest BCUT2D eigenvalue weighted by Crippen LogP contribution is -2.20. The molecule has 4 nitrogen and oxygen atoms in total. The van der Waals surface area contributed by atoms with Crippen LogP contribution in [0.2, 0.25) is 0 Å². The topological polar surface area (TPSA) is 51.4 Å². The summed E-state index contributed by atoms with van der Waals surface area (Å²) in [5, 5.41) is 0. The summed E-state index contributed by atoms with van der Waals surface area (Å²) in [6, 6.07) is 9.96. The average molecular weight is 271 g/mol. The summed E-state index contributed by atoms with van der Waals surface area (Å²) in [6.07, 6.45) is 3.61. The first-order chi connectivity index (χ1) is 9.63. The number of methoxy groups -OCH3 is 1. The Morgan fingerprint density at radius 2 is 1.95 bits per heavy atom. The van der Waals surface area contributed by atoms with Gasteiger partial charge in [0.1, 0.15) is 5.75 Å². The van der Waals surface area contributed by atoms with Crippen LogP contribution >= 0.6 is 0 Å². The van der Waals surface area contributed by atoms with Crippen LogP contribution < -0.4 is 15.4 Å². The van der Waals surface area contributed by atoms with Gasteiger partial charge >= 0.3 is 0 Å². The fraction of sp³-hybridized carbons (Fsp3) is 0.312. The number of hydrogen-bond donors (Lipinski definition) is 1. The number of nitrogens with zero attached hydrogens (tertiary/aromatic N) is 2. The van der Waals surface area contributed by atoms with Crippen molar-refractivity contribution < 1.29 is 4.74 Å². The van der Waals surface area contributed by atoms with E-state index >= 15 is 0 Å². The van der Waals surface area contributed by atoms with Crippen LogP contribution in [0, 0.1) is 0 Å². The normalized spacial score (nSPS) is 12.0. The number of ether oxygens (including phenoxy) is 1. The summed E-state index contributed by atoms with van der Waals surface area (Å²) in [5.41, 5.74) is 9.44. The number of pyridine rings is 1. The third-order valence-corrected chi connectivity index (χ3v) is 3.30. The van der Waals surface area contributed by atoms with Crippen molar-refractivity contribution in [2.45, 2.75) is 19.5 Å². The van der Waals surface area contributed by atoms with Crippen LogP contribution in [0.3, 0.4) is 0 Å². The molecule has 2 N–H and O–H groups in total. The van der Waals surface area contributed by atoms with Gasteiger partial charge in [0.05, 0.1) is 7.11 Å². The Hall–Kier alpha value is -2.07. The second-order valence-electron chi connectivity index (χ2n) is 4.89. The summed E-state index contributed by atoms with van der Waals surface area (Å²) in [5.74, 6) is 0.832. The minimum atomic E-state index is -0.0824. The lowest BCUT2D eigenvalue weighted by atomic mass is 10.0. The molecule has 1 aromatic heterocycles. The van der Waals surface area contributed by atoms with Crippen molar-refractivity contribution in [1.29, 1.82) is 0 Å². The Kier molecular flexibility index (Phi) is 4.58. The number of hydrogen-bond acceptors (Lipinski definition) is 4. The fourth-order valence-corrected chi connectivity index (χ4v) is 2.35. The summed E-state index contributed by atoms with van der Waals surface area (Å²) >= 11 is 0. The number of rotatable bonds is 5. The van der Waals surface area contributed by atoms with Crippen molar-refractivity contribution >= 4 is 5.69 Å². The van der Waals surface area contributed by atoms with E-state index in [0.29, 0.717) is 0 Å². The maximum Gasteiger partial charge on any atom is 0.125 e. The largest absolute Gasteiger partial charge is 0.496 e. The highest BCUT2D eigenvalue weighted by Gasteiger charge is 2.16. The molecule has 0 amide bonds. The van der Waals surface area contributed by atoms with Crippen molar-refractivity contribution in [2.75, 3.05) is 19.1 Å². The van der Waals surface area contributed by atoms with Crippen molar-refractivity contribution in [3.63, 3.8) is 0 Å². The molecule has 0 saturated carbocycles. The fourth-order valence-electron chi connectivity index (χ4n) is 2.35. The van der Waals surface area contributed by atoms with Crippen molar-refractivity contribution in [3.05, 3.63) is 53.9 Å². The van der Waals surface area contributed by atoms with E-state index in [1.807, 2.05) is 31.2 Å². The quantitative estimate of drug-likeness (QED) is 0.908. The van der Waals surface area contributed by atoms with Crippen LogP contribution in [0.1, 0.15) is 24.1 Å². The first kappa shape index (κ1) is 14.3. The molecular weight excluding hydrogens is 250 g/mol. The van der Waals surface area contributed by atoms with Crippen molar-refractivity contribution in [3.8, 4) is 5.75 Å². The molecule has 0 spiro atoms. The average Bonchev–Trinajstić information content (AvgIpc) is 2.47. The standard InChI is InChI=1S/C16H21N3O/c1-12(17)16-14(5-4-6-15(16)20-3)19(2)11-13-7-9-18-10-8-13/h4-10,12H,11,17H2,1-3H3/t12-/m1/s1. The molecule has 1 atom stereocenters. The van der Waals surface area contributed by atoms with Crippen LogP contribution in [0.25, 0.3) is 0 Å². The molecule has 4 heteroatoms. The molecule has 0 aliphatic rings. The molecule has 0 saturated heterocycles. The molecule has 20 heavy (non-hydrogen) atoms. The van der Waals surface area contributed by atoms with Gasteiger partial charge in [-0.15, -0.1) is 0 Å². The van der Waals surface area contributed by atoms with Crippen molar-refractivity contribution in [2.24, 2.45) is 5.73 Å². The zero-order chi connectivity index (χ0) is 14.5. The van der Waals surface area contributed by atoms with Gasteiger partial charge in [-0.25, -0.2) is 0 Å². The van der Waals surface area contributed by atoms with Crippen molar-refractivity contribution in [1.82, 2.24) is 4.98 Å².